The summed E-state index contributed by atoms with van der Waals surface area (Å²) >= 11 is 0. The van der Waals surface area contributed by atoms with Gasteiger partial charge in [-0.25, -0.2) is 17.2 Å². The van der Waals surface area contributed by atoms with E-state index in [1.807, 2.05) is 19.3 Å². The second kappa shape index (κ2) is 7.13. The predicted octanol–water partition coefficient (Wildman–Crippen LogP) is 3.55. The molecule has 0 saturated heterocycles. The molecule has 7 nitrogen and oxygen atoms in total. The highest BCUT2D eigenvalue weighted by atomic mass is 32.2. The quantitative estimate of drug-likeness (QED) is 0.521. The molecular formula is C19H15F2N5O2S. The third kappa shape index (κ3) is 4.02. The van der Waals surface area contributed by atoms with Crippen molar-refractivity contribution >= 4 is 38.8 Å². The molecular weight excluding hydrogens is 400 g/mol. The molecule has 2 aromatic heterocycles. The Labute approximate surface area is 164 Å². The second-order valence-corrected chi connectivity index (χ2v) is 8.04. The fraction of sp³-hybridized carbons (Fsp3) is 0.0526. The number of aryl methyl sites for hydroxylation is 1. The van der Waals surface area contributed by atoms with E-state index in [-0.39, 0.29) is 5.69 Å². The molecule has 10 heteroatoms. The van der Waals surface area contributed by atoms with Crippen LogP contribution in [0, 0.1) is 11.6 Å². The summed E-state index contributed by atoms with van der Waals surface area (Å²) in [5.74, 6) is -1.95. The van der Waals surface area contributed by atoms with Gasteiger partial charge in [0.05, 0.1) is 22.3 Å². The van der Waals surface area contributed by atoms with Crippen LogP contribution in [0.25, 0.3) is 23.1 Å². The van der Waals surface area contributed by atoms with Gasteiger partial charge in [0.25, 0.3) is 10.0 Å². The number of hydrogen-bond donors (Lipinski definition) is 2. The van der Waals surface area contributed by atoms with Gasteiger partial charge in [0.1, 0.15) is 11.6 Å². The largest absolute Gasteiger partial charge is 0.280 e. The zero-order valence-electron chi connectivity index (χ0n) is 15.1. The minimum Gasteiger partial charge on any atom is -0.280 e. The molecule has 4 aromatic rings. The SMILES string of the molecule is Cn1cc(C=Cc2n[nH]c3ccc(NS(=O)(=O)c4cc(F)cc(F)c4)cc23)cn1. The fourth-order valence-corrected chi connectivity index (χ4v) is 3.91. The molecule has 0 amide bonds. The number of nitrogens with zero attached hydrogens (tertiary/aromatic N) is 3. The first-order valence-electron chi connectivity index (χ1n) is 8.44. The number of aromatic nitrogens is 4. The van der Waals surface area contributed by atoms with Gasteiger partial charge < -0.3 is 0 Å². The second-order valence-electron chi connectivity index (χ2n) is 6.36. The number of halogens is 2. The topological polar surface area (TPSA) is 92.7 Å². The van der Waals surface area contributed by atoms with Crippen LogP contribution in [0.3, 0.4) is 0 Å². The van der Waals surface area contributed by atoms with E-state index in [1.165, 1.54) is 6.07 Å². The Kier molecular flexibility index (Phi) is 4.63. The maximum Gasteiger partial charge on any atom is 0.262 e. The van der Waals surface area contributed by atoms with E-state index in [0.717, 1.165) is 17.7 Å². The van der Waals surface area contributed by atoms with Crippen LogP contribution in [0.15, 0.2) is 53.7 Å². The highest BCUT2D eigenvalue weighted by molar-refractivity contribution is 7.92. The van der Waals surface area contributed by atoms with Crippen LogP contribution >= 0.6 is 0 Å². The zero-order chi connectivity index (χ0) is 20.6. The molecule has 0 atom stereocenters. The lowest BCUT2D eigenvalue weighted by atomic mass is 10.1. The van der Waals surface area contributed by atoms with E-state index in [0.29, 0.717) is 22.7 Å². The van der Waals surface area contributed by atoms with Crippen molar-refractivity contribution < 1.29 is 17.2 Å². The van der Waals surface area contributed by atoms with Crippen molar-refractivity contribution in [3.05, 3.63) is 71.7 Å². The van der Waals surface area contributed by atoms with Gasteiger partial charge in [-0.2, -0.15) is 10.2 Å². The predicted molar refractivity (Wildman–Crippen MR) is 105 cm³/mol. The van der Waals surface area contributed by atoms with Crippen molar-refractivity contribution in [1.82, 2.24) is 20.0 Å². The Bertz CT molecular complexity index is 1320. The highest BCUT2D eigenvalue weighted by Gasteiger charge is 2.17. The minimum absolute atomic E-state index is 0.236. The first kappa shape index (κ1) is 18.8. The van der Waals surface area contributed by atoms with E-state index in [2.05, 4.69) is 20.0 Å². The molecule has 29 heavy (non-hydrogen) atoms. The normalized spacial score (nSPS) is 12.1. The third-order valence-corrected chi connectivity index (χ3v) is 5.51. The Morgan fingerprint density at radius 1 is 1.10 bits per heavy atom. The number of nitrogens with one attached hydrogen (secondary N) is 2. The van der Waals surface area contributed by atoms with Crippen LogP contribution < -0.4 is 4.72 Å². The number of benzene rings is 2. The van der Waals surface area contributed by atoms with Crippen LogP contribution in [0.5, 0.6) is 0 Å². The molecule has 0 saturated carbocycles. The standard InChI is InChI=1S/C19H15F2N5O2S/c1-26-11-12(10-22-26)2-4-18-17-9-15(3-5-19(17)24-23-18)25-29(27,28)16-7-13(20)6-14(21)8-16/h2-11,25H,1H3,(H,23,24). The van der Waals surface area contributed by atoms with Gasteiger partial charge in [0.15, 0.2) is 0 Å². The van der Waals surface area contributed by atoms with Crippen molar-refractivity contribution in [2.75, 3.05) is 4.72 Å². The Morgan fingerprint density at radius 2 is 1.86 bits per heavy atom. The summed E-state index contributed by atoms with van der Waals surface area (Å²) < 4.78 is 55.8. The summed E-state index contributed by atoms with van der Waals surface area (Å²) in [4.78, 5) is -0.501. The first-order chi connectivity index (χ1) is 13.8. The van der Waals surface area contributed by atoms with E-state index in [1.54, 1.807) is 29.1 Å². The lowest BCUT2D eigenvalue weighted by Gasteiger charge is -2.08. The zero-order valence-corrected chi connectivity index (χ0v) is 15.9. The number of anilines is 1. The number of hydrogen-bond acceptors (Lipinski definition) is 4. The summed E-state index contributed by atoms with van der Waals surface area (Å²) in [6.07, 6.45) is 7.14. The number of aromatic amines is 1. The van der Waals surface area contributed by atoms with Crippen molar-refractivity contribution in [3.63, 3.8) is 0 Å². The van der Waals surface area contributed by atoms with Crippen LogP contribution in [0.1, 0.15) is 11.3 Å². The lowest BCUT2D eigenvalue weighted by Crippen LogP contribution is -2.13. The van der Waals surface area contributed by atoms with Gasteiger partial charge in [-0.05, 0) is 42.5 Å². The van der Waals surface area contributed by atoms with E-state index in [9.17, 15) is 17.2 Å². The summed E-state index contributed by atoms with van der Waals surface area (Å²) in [5.41, 5.74) is 2.42. The van der Waals surface area contributed by atoms with Gasteiger partial charge in [0.2, 0.25) is 0 Å². The maximum absolute atomic E-state index is 13.4. The Balaban J connectivity index is 1.65. The minimum atomic E-state index is -4.17. The molecule has 2 heterocycles. The molecule has 2 N–H and O–H groups in total. The average Bonchev–Trinajstić information content (AvgIpc) is 3.24. The smallest absolute Gasteiger partial charge is 0.262 e. The van der Waals surface area contributed by atoms with E-state index in [4.69, 9.17) is 0 Å². The Hall–Kier alpha value is -3.53. The summed E-state index contributed by atoms with van der Waals surface area (Å²) in [6.45, 7) is 0. The van der Waals surface area contributed by atoms with Gasteiger partial charge in [-0.15, -0.1) is 0 Å². The number of sulfonamides is 1. The molecule has 0 aliphatic rings. The molecule has 0 bridgehead atoms. The fourth-order valence-electron chi connectivity index (χ4n) is 2.82. The lowest BCUT2D eigenvalue weighted by molar-refractivity contribution is 0.568. The molecule has 0 unspecified atom stereocenters. The van der Waals surface area contributed by atoms with Crippen LogP contribution in [-0.2, 0) is 17.1 Å². The van der Waals surface area contributed by atoms with Crippen molar-refractivity contribution in [1.29, 1.82) is 0 Å². The molecule has 0 aliphatic carbocycles. The number of fused-ring (bicyclic) bond motifs is 1. The molecule has 0 radical (unpaired) electrons. The highest BCUT2D eigenvalue weighted by Crippen LogP contribution is 2.24. The molecule has 0 aliphatic heterocycles. The number of H-pyrrole nitrogens is 1. The molecule has 0 spiro atoms. The molecule has 0 fully saturated rings. The van der Waals surface area contributed by atoms with E-state index >= 15 is 0 Å². The monoisotopic (exact) mass is 415 g/mol. The van der Waals surface area contributed by atoms with Gasteiger partial charge in [-0.1, -0.05) is 0 Å². The summed E-state index contributed by atoms with van der Waals surface area (Å²) in [7, 11) is -2.36. The van der Waals surface area contributed by atoms with Gasteiger partial charge in [0, 0.05) is 35.9 Å². The van der Waals surface area contributed by atoms with Gasteiger partial charge >= 0.3 is 0 Å². The average molecular weight is 415 g/mol. The molecule has 148 valence electrons. The Morgan fingerprint density at radius 3 is 2.55 bits per heavy atom. The van der Waals surface area contributed by atoms with Crippen LogP contribution in [0.2, 0.25) is 0 Å². The van der Waals surface area contributed by atoms with Gasteiger partial charge in [-0.3, -0.25) is 14.5 Å². The molecule has 2 aromatic carbocycles. The van der Waals surface area contributed by atoms with E-state index < -0.39 is 26.6 Å². The first-order valence-corrected chi connectivity index (χ1v) is 9.92. The van der Waals surface area contributed by atoms with Crippen molar-refractivity contribution in [3.8, 4) is 0 Å². The van der Waals surface area contributed by atoms with Crippen molar-refractivity contribution in [2.24, 2.45) is 7.05 Å². The van der Waals surface area contributed by atoms with Crippen LogP contribution in [-0.4, -0.2) is 28.4 Å². The summed E-state index contributed by atoms with van der Waals surface area (Å²) in [5, 5.41) is 11.8. The summed E-state index contributed by atoms with van der Waals surface area (Å²) in [6, 6.07) is 6.90. The third-order valence-electron chi connectivity index (χ3n) is 4.15. The van der Waals surface area contributed by atoms with Crippen LogP contribution in [0.4, 0.5) is 14.5 Å². The van der Waals surface area contributed by atoms with Crippen molar-refractivity contribution in [2.45, 2.75) is 4.90 Å². The molecule has 4 rings (SSSR count). The number of rotatable bonds is 5. The maximum atomic E-state index is 13.4.